The second-order valence-electron chi connectivity index (χ2n) is 6.67. The van der Waals surface area contributed by atoms with Crippen molar-refractivity contribution in [3.63, 3.8) is 0 Å². The summed E-state index contributed by atoms with van der Waals surface area (Å²) in [5.41, 5.74) is 3.80. The average molecular weight is 388 g/mol. The number of fused-ring (bicyclic) bond motifs is 1. The van der Waals surface area contributed by atoms with Crippen LogP contribution in [0.3, 0.4) is 0 Å². The molecule has 0 saturated heterocycles. The molecular weight excluding hydrogens is 368 g/mol. The molecule has 0 fully saturated rings. The van der Waals surface area contributed by atoms with Crippen LogP contribution in [0.2, 0.25) is 0 Å². The van der Waals surface area contributed by atoms with Crippen molar-refractivity contribution in [2.24, 2.45) is 0 Å². The highest BCUT2D eigenvalue weighted by molar-refractivity contribution is 5.93. The zero-order chi connectivity index (χ0) is 20.8. The molecule has 0 atom stereocenters. The van der Waals surface area contributed by atoms with Crippen molar-refractivity contribution in [1.29, 1.82) is 0 Å². The summed E-state index contributed by atoms with van der Waals surface area (Å²) < 4.78 is 10.4. The molecular formula is C28H20O2. The molecule has 4 rings (SSSR count). The first-order chi connectivity index (χ1) is 14.8. The highest BCUT2D eigenvalue weighted by Crippen LogP contribution is 2.22. The van der Waals surface area contributed by atoms with Gasteiger partial charge in [0.15, 0.2) is 0 Å². The molecule has 0 unspecified atom stereocenters. The molecule has 30 heavy (non-hydrogen) atoms. The third kappa shape index (κ3) is 4.30. The molecule has 0 spiro atoms. The lowest BCUT2D eigenvalue weighted by Gasteiger charge is -2.04. The summed E-state index contributed by atoms with van der Waals surface area (Å²) in [4.78, 5) is 0. The molecule has 0 radical (unpaired) electrons. The van der Waals surface area contributed by atoms with Crippen LogP contribution in [0.15, 0.2) is 84.9 Å². The fraction of sp³-hybridized carbons (Fsp3) is 0.0714. The van der Waals surface area contributed by atoms with Gasteiger partial charge in [-0.25, -0.2) is 0 Å². The van der Waals surface area contributed by atoms with Crippen molar-refractivity contribution in [2.45, 2.75) is 0 Å². The van der Waals surface area contributed by atoms with Crippen LogP contribution in [0.25, 0.3) is 10.8 Å². The fourth-order valence-electron chi connectivity index (χ4n) is 3.18. The average Bonchev–Trinajstić information content (AvgIpc) is 2.82. The van der Waals surface area contributed by atoms with Crippen molar-refractivity contribution in [3.05, 3.63) is 107 Å². The van der Waals surface area contributed by atoms with E-state index in [1.807, 2.05) is 72.8 Å². The van der Waals surface area contributed by atoms with Crippen molar-refractivity contribution in [2.75, 3.05) is 14.2 Å². The minimum Gasteiger partial charge on any atom is -0.497 e. The lowest BCUT2D eigenvalue weighted by Crippen LogP contribution is -1.86. The first kappa shape index (κ1) is 19.2. The van der Waals surface area contributed by atoms with Gasteiger partial charge in [0.1, 0.15) is 11.5 Å². The van der Waals surface area contributed by atoms with Crippen molar-refractivity contribution >= 4 is 10.8 Å². The number of benzene rings is 4. The Morgan fingerprint density at radius 3 is 1.33 bits per heavy atom. The molecule has 4 aromatic rings. The molecule has 0 aliphatic heterocycles. The second kappa shape index (κ2) is 8.91. The van der Waals surface area contributed by atoms with Gasteiger partial charge in [-0.2, -0.15) is 0 Å². The smallest absolute Gasteiger partial charge is 0.118 e. The van der Waals surface area contributed by atoms with Gasteiger partial charge in [-0.05, 0) is 66.0 Å². The second-order valence-corrected chi connectivity index (χ2v) is 6.67. The van der Waals surface area contributed by atoms with Gasteiger partial charge < -0.3 is 9.47 Å². The van der Waals surface area contributed by atoms with Gasteiger partial charge in [-0.3, -0.25) is 0 Å². The van der Waals surface area contributed by atoms with E-state index in [9.17, 15) is 0 Å². The molecule has 4 aromatic carbocycles. The lowest BCUT2D eigenvalue weighted by atomic mass is 9.99. The van der Waals surface area contributed by atoms with E-state index in [1.54, 1.807) is 14.2 Å². The molecule has 0 aliphatic rings. The van der Waals surface area contributed by atoms with Crippen LogP contribution >= 0.6 is 0 Å². The topological polar surface area (TPSA) is 18.5 Å². The summed E-state index contributed by atoms with van der Waals surface area (Å²) in [6, 6.07) is 27.8. The van der Waals surface area contributed by atoms with E-state index < -0.39 is 0 Å². The lowest BCUT2D eigenvalue weighted by molar-refractivity contribution is 0.414. The molecule has 0 saturated carbocycles. The van der Waals surface area contributed by atoms with Crippen LogP contribution in [-0.2, 0) is 0 Å². The zero-order valence-electron chi connectivity index (χ0n) is 16.9. The Labute approximate surface area is 177 Å². The van der Waals surface area contributed by atoms with Gasteiger partial charge in [0.25, 0.3) is 0 Å². The Morgan fingerprint density at radius 2 is 0.933 bits per heavy atom. The van der Waals surface area contributed by atoms with E-state index in [0.29, 0.717) is 0 Å². The summed E-state index contributed by atoms with van der Waals surface area (Å²) in [6.45, 7) is 0. The van der Waals surface area contributed by atoms with E-state index in [1.165, 1.54) is 0 Å². The molecule has 0 heterocycles. The predicted octanol–water partition coefficient (Wildman–Crippen LogP) is 5.66. The quantitative estimate of drug-likeness (QED) is 0.413. The molecule has 0 aliphatic carbocycles. The van der Waals surface area contributed by atoms with Crippen LogP contribution in [0.4, 0.5) is 0 Å². The summed E-state index contributed by atoms with van der Waals surface area (Å²) in [5, 5.41) is 2.19. The summed E-state index contributed by atoms with van der Waals surface area (Å²) >= 11 is 0. The van der Waals surface area contributed by atoms with Gasteiger partial charge in [-0.1, -0.05) is 47.9 Å². The molecule has 0 aromatic heterocycles. The van der Waals surface area contributed by atoms with Crippen molar-refractivity contribution in [1.82, 2.24) is 0 Å². The van der Waals surface area contributed by atoms with Gasteiger partial charge in [0.05, 0.1) is 14.2 Å². The Bertz CT molecular complexity index is 1190. The first-order valence-corrected chi connectivity index (χ1v) is 9.61. The minimum atomic E-state index is 0.821. The third-order valence-electron chi connectivity index (χ3n) is 4.77. The summed E-state index contributed by atoms with van der Waals surface area (Å²) in [6.07, 6.45) is 0. The SMILES string of the molecule is COc1ccc(C#Cc2cccc3cccc(C#Cc4ccc(OC)cc4)c23)cc1. The number of hydrogen-bond acceptors (Lipinski definition) is 2. The van der Waals surface area contributed by atoms with Crippen molar-refractivity contribution in [3.8, 4) is 35.2 Å². The standard InChI is InChI=1S/C28H20O2/c1-29-26-17-11-21(12-18-26)9-15-24-7-3-5-23-6-4-8-25(28(23)24)16-10-22-13-19-27(30-2)20-14-22/h3-8,11-14,17-20H,1-2H3. The largest absolute Gasteiger partial charge is 0.497 e. The van der Waals surface area contributed by atoms with E-state index in [4.69, 9.17) is 9.47 Å². The van der Waals surface area contributed by atoms with Gasteiger partial charge in [-0.15, -0.1) is 0 Å². The van der Waals surface area contributed by atoms with Crippen molar-refractivity contribution < 1.29 is 9.47 Å². The Kier molecular flexibility index (Phi) is 5.70. The molecule has 0 bridgehead atoms. The van der Waals surface area contributed by atoms with Crippen LogP contribution in [0.5, 0.6) is 11.5 Å². The Balaban J connectivity index is 1.74. The monoisotopic (exact) mass is 388 g/mol. The number of hydrogen-bond donors (Lipinski definition) is 0. The van der Waals surface area contributed by atoms with E-state index in [2.05, 4.69) is 35.8 Å². The van der Waals surface area contributed by atoms with Gasteiger partial charge >= 0.3 is 0 Å². The van der Waals surface area contributed by atoms with Gasteiger partial charge in [0.2, 0.25) is 0 Å². The van der Waals surface area contributed by atoms with Gasteiger partial charge in [0, 0.05) is 27.6 Å². The summed E-state index contributed by atoms with van der Waals surface area (Å²) in [5.74, 6) is 14.8. The van der Waals surface area contributed by atoms with Crippen LogP contribution in [0, 0.1) is 23.7 Å². The third-order valence-corrected chi connectivity index (χ3v) is 4.77. The maximum absolute atomic E-state index is 5.21. The van der Waals surface area contributed by atoms with E-state index in [0.717, 1.165) is 44.5 Å². The normalized spacial score (nSPS) is 9.80. The minimum absolute atomic E-state index is 0.821. The Morgan fingerprint density at radius 1 is 0.500 bits per heavy atom. The first-order valence-electron chi connectivity index (χ1n) is 9.61. The highest BCUT2D eigenvalue weighted by atomic mass is 16.5. The highest BCUT2D eigenvalue weighted by Gasteiger charge is 2.03. The zero-order valence-corrected chi connectivity index (χ0v) is 16.9. The molecule has 0 N–H and O–H groups in total. The maximum Gasteiger partial charge on any atom is 0.118 e. The van der Waals surface area contributed by atoms with E-state index >= 15 is 0 Å². The maximum atomic E-state index is 5.21. The summed E-state index contributed by atoms with van der Waals surface area (Å²) in [7, 11) is 3.32. The molecule has 2 nitrogen and oxygen atoms in total. The molecule has 0 amide bonds. The Hall–Kier alpha value is -4.14. The molecule has 144 valence electrons. The fourth-order valence-corrected chi connectivity index (χ4v) is 3.18. The van der Waals surface area contributed by atoms with Crippen LogP contribution in [0.1, 0.15) is 22.3 Å². The number of methoxy groups -OCH3 is 2. The predicted molar refractivity (Wildman–Crippen MR) is 122 cm³/mol. The van der Waals surface area contributed by atoms with Crippen LogP contribution < -0.4 is 9.47 Å². The number of ether oxygens (including phenoxy) is 2. The molecule has 2 heteroatoms. The van der Waals surface area contributed by atoms with Crippen LogP contribution in [-0.4, -0.2) is 14.2 Å². The number of rotatable bonds is 2. The van der Waals surface area contributed by atoms with E-state index in [-0.39, 0.29) is 0 Å².